The highest BCUT2D eigenvalue weighted by Gasteiger charge is 2.35. The molecule has 0 aromatic carbocycles. The molecule has 0 nitrogen and oxygen atoms in total. The lowest BCUT2D eigenvalue weighted by Crippen LogP contribution is -2.29. The monoisotopic (exact) mass is 322 g/mol. The summed E-state index contributed by atoms with van der Waals surface area (Å²) in [7, 11) is 0. The van der Waals surface area contributed by atoms with Gasteiger partial charge in [0.05, 0.1) is 0 Å². The van der Waals surface area contributed by atoms with Crippen LogP contribution in [-0.2, 0) is 0 Å². The SMILES string of the molecule is CC1=C(Cl)C(C2CCC(C3CCC(C)CC3)CC2)CCC1C. The Bertz CT molecular complexity index is 394. The fraction of sp³-hybridized carbons (Fsp3) is 0.905. The fourth-order valence-electron chi connectivity index (χ4n) is 5.52. The maximum Gasteiger partial charge on any atom is 0.0206 e. The second-order valence-corrected chi connectivity index (χ2v) is 9.22. The first-order valence-electron chi connectivity index (χ1n) is 9.92. The van der Waals surface area contributed by atoms with Crippen molar-refractivity contribution < 1.29 is 0 Å². The van der Waals surface area contributed by atoms with Gasteiger partial charge in [-0.25, -0.2) is 0 Å². The van der Waals surface area contributed by atoms with Crippen LogP contribution in [0.25, 0.3) is 0 Å². The molecule has 0 saturated heterocycles. The predicted octanol–water partition coefficient (Wildman–Crippen LogP) is 7.18. The van der Waals surface area contributed by atoms with Gasteiger partial charge in [0.1, 0.15) is 0 Å². The lowest BCUT2D eigenvalue weighted by atomic mass is 9.66. The summed E-state index contributed by atoms with van der Waals surface area (Å²) in [6.45, 7) is 7.05. The van der Waals surface area contributed by atoms with Crippen LogP contribution in [0.5, 0.6) is 0 Å². The molecule has 0 bridgehead atoms. The summed E-state index contributed by atoms with van der Waals surface area (Å²) >= 11 is 6.74. The van der Waals surface area contributed by atoms with E-state index >= 15 is 0 Å². The molecule has 2 unspecified atom stereocenters. The van der Waals surface area contributed by atoms with Crippen LogP contribution in [0.3, 0.4) is 0 Å². The van der Waals surface area contributed by atoms with E-state index < -0.39 is 0 Å². The van der Waals surface area contributed by atoms with E-state index in [2.05, 4.69) is 20.8 Å². The summed E-state index contributed by atoms with van der Waals surface area (Å²) in [5.41, 5.74) is 1.49. The second kappa shape index (κ2) is 7.29. The predicted molar refractivity (Wildman–Crippen MR) is 97.0 cm³/mol. The van der Waals surface area contributed by atoms with E-state index in [0.29, 0.717) is 11.8 Å². The normalized spacial score (nSPS) is 44.2. The van der Waals surface area contributed by atoms with Gasteiger partial charge in [0.2, 0.25) is 0 Å². The van der Waals surface area contributed by atoms with Crippen LogP contribution in [0.2, 0.25) is 0 Å². The molecule has 0 radical (unpaired) electrons. The van der Waals surface area contributed by atoms with Crippen molar-refractivity contribution in [2.24, 2.45) is 35.5 Å². The molecule has 0 aromatic rings. The number of hydrogen-bond acceptors (Lipinski definition) is 0. The van der Waals surface area contributed by atoms with Gasteiger partial charge < -0.3 is 0 Å². The Balaban J connectivity index is 1.54. The van der Waals surface area contributed by atoms with E-state index in [-0.39, 0.29) is 0 Å². The van der Waals surface area contributed by atoms with E-state index in [0.717, 1.165) is 23.7 Å². The van der Waals surface area contributed by atoms with Gasteiger partial charge in [0.25, 0.3) is 0 Å². The number of hydrogen-bond donors (Lipinski definition) is 0. The minimum Gasteiger partial charge on any atom is -0.0889 e. The molecule has 0 N–H and O–H groups in total. The van der Waals surface area contributed by atoms with Gasteiger partial charge in [-0.3, -0.25) is 0 Å². The molecule has 2 fully saturated rings. The maximum atomic E-state index is 6.74. The van der Waals surface area contributed by atoms with Crippen LogP contribution in [0, 0.1) is 35.5 Å². The van der Waals surface area contributed by atoms with Crippen LogP contribution in [0.4, 0.5) is 0 Å². The smallest absolute Gasteiger partial charge is 0.0206 e. The van der Waals surface area contributed by atoms with Crippen LogP contribution in [0.1, 0.15) is 85.0 Å². The summed E-state index contributed by atoms with van der Waals surface area (Å²) in [5.74, 6) is 5.37. The quantitative estimate of drug-likeness (QED) is 0.505. The Morgan fingerprint density at radius 2 is 1.18 bits per heavy atom. The molecule has 22 heavy (non-hydrogen) atoms. The molecule has 0 heterocycles. The molecule has 0 spiro atoms. The molecule has 2 saturated carbocycles. The van der Waals surface area contributed by atoms with Crippen LogP contribution in [-0.4, -0.2) is 0 Å². The lowest BCUT2D eigenvalue weighted by Gasteiger charge is -2.41. The molecule has 0 aliphatic heterocycles. The van der Waals surface area contributed by atoms with Crippen molar-refractivity contribution in [1.82, 2.24) is 0 Å². The van der Waals surface area contributed by atoms with Crippen molar-refractivity contribution in [3.63, 3.8) is 0 Å². The zero-order chi connectivity index (χ0) is 15.7. The third kappa shape index (κ3) is 3.58. The van der Waals surface area contributed by atoms with Gasteiger partial charge in [-0.15, -0.1) is 0 Å². The fourth-order valence-corrected chi connectivity index (χ4v) is 5.99. The van der Waals surface area contributed by atoms with Crippen molar-refractivity contribution in [2.45, 2.75) is 85.0 Å². The van der Waals surface area contributed by atoms with Crippen molar-refractivity contribution in [2.75, 3.05) is 0 Å². The van der Waals surface area contributed by atoms with Gasteiger partial charge in [-0.05, 0) is 93.8 Å². The largest absolute Gasteiger partial charge is 0.0889 e. The zero-order valence-electron chi connectivity index (χ0n) is 14.9. The Kier molecular flexibility index (Phi) is 5.59. The van der Waals surface area contributed by atoms with Gasteiger partial charge in [0.15, 0.2) is 0 Å². The van der Waals surface area contributed by atoms with E-state index in [4.69, 9.17) is 11.6 Å². The van der Waals surface area contributed by atoms with Crippen molar-refractivity contribution in [3.05, 3.63) is 10.6 Å². The summed E-state index contributed by atoms with van der Waals surface area (Å²) in [6, 6.07) is 0. The topological polar surface area (TPSA) is 0 Å². The van der Waals surface area contributed by atoms with Gasteiger partial charge >= 0.3 is 0 Å². The average molecular weight is 323 g/mol. The number of halogens is 1. The molecular weight excluding hydrogens is 288 g/mol. The Labute approximate surface area is 143 Å². The van der Waals surface area contributed by atoms with Crippen LogP contribution in [0.15, 0.2) is 10.6 Å². The van der Waals surface area contributed by atoms with Crippen molar-refractivity contribution in [1.29, 1.82) is 0 Å². The van der Waals surface area contributed by atoms with E-state index in [1.165, 1.54) is 74.8 Å². The summed E-state index contributed by atoms with van der Waals surface area (Å²) in [5, 5.41) is 1.24. The highest BCUT2D eigenvalue weighted by Crippen LogP contribution is 2.48. The Morgan fingerprint density at radius 1 is 0.682 bits per heavy atom. The molecule has 3 aliphatic carbocycles. The van der Waals surface area contributed by atoms with E-state index in [1.807, 2.05) is 0 Å². The molecule has 3 rings (SSSR count). The highest BCUT2D eigenvalue weighted by molar-refractivity contribution is 6.30. The summed E-state index contributed by atoms with van der Waals surface area (Å²) in [6.07, 6.45) is 14.5. The van der Waals surface area contributed by atoms with Gasteiger partial charge in [-0.2, -0.15) is 0 Å². The third-order valence-electron chi connectivity index (χ3n) is 7.46. The van der Waals surface area contributed by atoms with Crippen molar-refractivity contribution >= 4 is 11.6 Å². The van der Waals surface area contributed by atoms with Crippen LogP contribution >= 0.6 is 11.6 Å². The van der Waals surface area contributed by atoms with Crippen molar-refractivity contribution in [3.8, 4) is 0 Å². The lowest BCUT2D eigenvalue weighted by molar-refractivity contribution is 0.131. The summed E-state index contributed by atoms with van der Waals surface area (Å²) < 4.78 is 0. The molecule has 126 valence electrons. The molecule has 0 aromatic heterocycles. The zero-order valence-corrected chi connectivity index (χ0v) is 15.7. The minimum absolute atomic E-state index is 0.699. The number of rotatable bonds is 2. The Morgan fingerprint density at radius 3 is 1.77 bits per heavy atom. The summed E-state index contributed by atoms with van der Waals surface area (Å²) in [4.78, 5) is 0. The molecular formula is C21H35Cl. The standard InChI is InChI=1S/C21H35Cl/c1-14-4-7-17(8-5-14)18-9-11-19(12-10-18)20-13-6-15(2)16(3)21(20)22/h14-15,17-20H,4-13H2,1-3H3. The van der Waals surface area contributed by atoms with Crippen LogP contribution < -0.4 is 0 Å². The van der Waals surface area contributed by atoms with Gasteiger partial charge in [-0.1, -0.05) is 43.9 Å². The first kappa shape index (κ1) is 16.9. The number of allylic oxidation sites excluding steroid dienone is 2. The van der Waals surface area contributed by atoms with E-state index in [9.17, 15) is 0 Å². The molecule has 3 aliphatic rings. The maximum absolute atomic E-state index is 6.74. The molecule has 0 amide bonds. The average Bonchev–Trinajstić information content (AvgIpc) is 2.54. The molecule has 1 heteroatoms. The third-order valence-corrected chi connectivity index (χ3v) is 8.04. The van der Waals surface area contributed by atoms with E-state index in [1.54, 1.807) is 0 Å². The minimum atomic E-state index is 0.699. The first-order chi connectivity index (χ1) is 10.6. The Hall–Kier alpha value is 0.0300. The highest BCUT2D eigenvalue weighted by atomic mass is 35.5. The molecule has 2 atom stereocenters. The second-order valence-electron chi connectivity index (χ2n) is 8.81. The van der Waals surface area contributed by atoms with Gasteiger partial charge in [0, 0.05) is 5.03 Å². The first-order valence-corrected chi connectivity index (χ1v) is 10.3.